The van der Waals surface area contributed by atoms with Crippen LogP contribution in [-0.2, 0) is 0 Å². The quantitative estimate of drug-likeness (QED) is 0.413. The Kier molecular flexibility index (Phi) is 7.20. The first-order valence-corrected chi connectivity index (χ1v) is 11.6. The van der Waals surface area contributed by atoms with E-state index in [1.54, 1.807) is 0 Å². The van der Waals surface area contributed by atoms with Gasteiger partial charge in [-0.3, -0.25) is 0 Å². The van der Waals surface area contributed by atoms with Gasteiger partial charge in [0.2, 0.25) is 0 Å². The Morgan fingerprint density at radius 3 is 1.69 bits per heavy atom. The van der Waals surface area contributed by atoms with Gasteiger partial charge in [0, 0.05) is 0 Å². The highest BCUT2D eigenvalue weighted by Crippen LogP contribution is 2.67. The number of rotatable bonds is 6. The third kappa shape index (κ3) is 3.77. The molecule has 0 radical (unpaired) electrons. The van der Waals surface area contributed by atoms with Crippen molar-refractivity contribution in [2.24, 2.45) is 51.2 Å². The molecule has 0 aliphatic heterocycles. The lowest BCUT2D eigenvalue weighted by molar-refractivity contribution is -0.0836. The van der Waals surface area contributed by atoms with E-state index in [1.165, 1.54) is 25.7 Å². The van der Waals surface area contributed by atoms with Crippen LogP contribution in [0.2, 0.25) is 0 Å². The second-order valence-electron chi connectivity index (χ2n) is 12.2. The zero-order chi connectivity index (χ0) is 20.7. The predicted molar refractivity (Wildman–Crippen MR) is 119 cm³/mol. The van der Waals surface area contributed by atoms with Crippen LogP contribution in [0.4, 0.5) is 0 Å². The van der Waals surface area contributed by atoms with E-state index < -0.39 is 0 Å². The van der Waals surface area contributed by atoms with Crippen LogP contribution < -0.4 is 0 Å². The summed E-state index contributed by atoms with van der Waals surface area (Å²) in [7, 11) is 0. The van der Waals surface area contributed by atoms with Gasteiger partial charge < -0.3 is 0 Å². The summed E-state index contributed by atoms with van der Waals surface area (Å²) in [5, 5.41) is 0. The van der Waals surface area contributed by atoms with Gasteiger partial charge in [-0.25, -0.2) is 0 Å². The molecule has 0 bridgehead atoms. The Labute approximate surface area is 167 Å². The van der Waals surface area contributed by atoms with Gasteiger partial charge in [-0.1, -0.05) is 103 Å². The van der Waals surface area contributed by atoms with E-state index in [0.717, 1.165) is 23.7 Å². The molecule has 0 heterocycles. The molecule has 0 saturated heterocycles. The SMILES string of the molecule is CCC(C)(CC)C1C(C)C(C)(C)CC(C)(CC(C)C)C(C)(C(C)C)C1C. The van der Waals surface area contributed by atoms with Gasteiger partial charge in [0.25, 0.3) is 0 Å². The summed E-state index contributed by atoms with van der Waals surface area (Å²) in [5.74, 6) is 3.76. The van der Waals surface area contributed by atoms with E-state index in [9.17, 15) is 0 Å². The van der Waals surface area contributed by atoms with E-state index in [1.807, 2.05) is 0 Å². The van der Waals surface area contributed by atoms with Crippen molar-refractivity contribution in [3.8, 4) is 0 Å². The average molecular weight is 365 g/mol. The molecule has 1 aliphatic carbocycles. The minimum absolute atomic E-state index is 0.371. The van der Waals surface area contributed by atoms with Crippen molar-refractivity contribution in [1.82, 2.24) is 0 Å². The lowest BCUT2D eigenvalue weighted by Gasteiger charge is -2.57. The predicted octanol–water partition coefficient (Wildman–Crippen LogP) is 8.85. The summed E-state index contributed by atoms with van der Waals surface area (Å²) in [6.07, 6.45) is 5.31. The maximum atomic E-state index is 2.66. The van der Waals surface area contributed by atoms with Crippen molar-refractivity contribution in [2.45, 2.75) is 116 Å². The summed E-state index contributed by atoms with van der Waals surface area (Å²) in [4.78, 5) is 0. The van der Waals surface area contributed by atoms with Crippen molar-refractivity contribution in [3.05, 3.63) is 0 Å². The molecule has 1 aliphatic rings. The largest absolute Gasteiger partial charge is 0.0649 e. The third-order valence-electron chi connectivity index (χ3n) is 9.88. The molecule has 0 nitrogen and oxygen atoms in total. The minimum Gasteiger partial charge on any atom is -0.0649 e. The maximum absolute atomic E-state index is 2.66. The molecule has 0 spiro atoms. The normalized spacial score (nSPS) is 38.7. The van der Waals surface area contributed by atoms with E-state index in [0.29, 0.717) is 27.6 Å². The smallest absolute Gasteiger partial charge is 0.0220 e. The number of hydrogen-bond donors (Lipinski definition) is 0. The lowest BCUT2D eigenvalue weighted by Crippen LogP contribution is -2.50. The van der Waals surface area contributed by atoms with E-state index in [4.69, 9.17) is 0 Å². The first kappa shape index (κ1) is 24.0. The van der Waals surface area contributed by atoms with E-state index >= 15 is 0 Å². The van der Waals surface area contributed by atoms with Crippen molar-refractivity contribution in [2.75, 3.05) is 0 Å². The van der Waals surface area contributed by atoms with Crippen LogP contribution in [0, 0.1) is 51.2 Å². The Hall–Kier alpha value is 0. The molecule has 0 aromatic carbocycles. The van der Waals surface area contributed by atoms with Crippen molar-refractivity contribution >= 4 is 0 Å². The molecule has 1 fully saturated rings. The van der Waals surface area contributed by atoms with Crippen LogP contribution in [0.5, 0.6) is 0 Å². The number of hydrogen-bond acceptors (Lipinski definition) is 0. The van der Waals surface area contributed by atoms with Gasteiger partial charge in [0.15, 0.2) is 0 Å². The van der Waals surface area contributed by atoms with Gasteiger partial charge >= 0.3 is 0 Å². The van der Waals surface area contributed by atoms with E-state index in [-0.39, 0.29) is 0 Å². The highest BCUT2D eigenvalue weighted by Gasteiger charge is 2.60. The average Bonchev–Trinajstić information content (AvgIpc) is 2.54. The van der Waals surface area contributed by atoms with Crippen LogP contribution in [0.3, 0.4) is 0 Å². The van der Waals surface area contributed by atoms with Crippen LogP contribution in [-0.4, -0.2) is 0 Å². The van der Waals surface area contributed by atoms with Crippen LogP contribution in [0.25, 0.3) is 0 Å². The summed E-state index contributed by atoms with van der Waals surface area (Å²) in [5.41, 5.74) is 1.59. The lowest BCUT2D eigenvalue weighted by atomic mass is 9.48. The molecule has 5 unspecified atom stereocenters. The van der Waals surface area contributed by atoms with Gasteiger partial charge in [0.05, 0.1) is 0 Å². The molecule has 5 atom stereocenters. The fourth-order valence-electron chi connectivity index (χ4n) is 7.54. The summed E-state index contributed by atoms with van der Waals surface area (Å²) < 4.78 is 0. The first-order valence-electron chi connectivity index (χ1n) is 11.6. The van der Waals surface area contributed by atoms with Crippen LogP contribution >= 0.6 is 0 Å². The summed E-state index contributed by atoms with van der Waals surface area (Å²) in [6, 6.07) is 0. The molecular weight excluding hydrogens is 312 g/mol. The molecule has 0 heteroatoms. The van der Waals surface area contributed by atoms with Crippen molar-refractivity contribution in [1.29, 1.82) is 0 Å². The van der Waals surface area contributed by atoms with Gasteiger partial charge in [-0.15, -0.1) is 0 Å². The monoisotopic (exact) mass is 364 g/mol. The zero-order valence-electron chi connectivity index (χ0n) is 20.7. The van der Waals surface area contributed by atoms with Gasteiger partial charge in [-0.05, 0) is 64.1 Å². The second-order valence-corrected chi connectivity index (χ2v) is 12.2. The molecular formula is C26H52. The standard InChI is InChI=1S/C26H52/c1-14-24(11,15-2)22-20(7)23(9,10)17-25(12,16-18(3)4)26(13,19(5)6)21(22)8/h18-22H,14-17H2,1-13H3. The van der Waals surface area contributed by atoms with Crippen LogP contribution in [0.1, 0.15) is 116 Å². The highest BCUT2D eigenvalue weighted by molar-refractivity contribution is 5.08. The summed E-state index contributed by atoms with van der Waals surface area (Å²) >= 11 is 0. The van der Waals surface area contributed by atoms with Crippen LogP contribution in [0.15, 0.2) is 0 Å². The molecule has 1 saturated carbocycles. The fraction of sp³-hybridized carbons (Fsp3) is 1.00. The molecule has 26 heavy (non-hydrogen) atoms. The van der Waals surface area contributed by atoms with Crippen molar-refractivity contribution < 1.29 is 0 Å². The third-order valence-corrected chi connectivity index (χ3v) is 9.88. The minimum atomic E-state index is 0.371. The maximum Gasteiger partial charge on any atom is -0.0220 e. The molecule has 0 aromatic heterocycles. The molecule has 0 aromatic rings. The van der Waals surface area contributed by atoms with Gasteiger partial charge in [-0.2, -0.15) is 0 Å². The van der Waals surface area contributed by atoms with Gasteiger partial charge in [0.1, 0.15) is 0 Å². The molecule has 156 valence electrons. The van der Waals surface area contributed by atoms with E-state index in [2.05, 4.69) is 90.0 Å². The Balaban J connectivity index is 3.72. The summed E-state index contributed by atoms with van der Waals surface area (Å²) in [6.45, 7) is 33.0. The Morgan fingerprint density at radius 2 is 1.35 bits per heavy atom. The first-order chi connectivity index (χ1) is 11.6. The molecule has 0 N–H and O–H groups in total. The van der Waals surface area contributed by atoms with Crippen molar-refractivity contribution in [3.63, 3.8) is 0 Å². The topological polar surface area (TPSA) is 0 Å². The highest BCUT2D eigenvalue weighted by atomic mass is 14.6. The fourth-order valence-corrected chi connectivity index (χ4v) is 7.54. The Bertz CT molecular complexity index is 453. The second kappa shape index (κ2) is 7.79. The zero-order valence-corrected chi connectivity index (χ0v) is 20.7. The molecule has 1 rings (SSSR count). The Morgan fingerprint density at radius 1 is 0.885 bits per heavy atom. The molecule has 0 amide bonds.